The molecule has 0 aliphatic rings. The molecule has 0 bridgehead atoms. The summed E-state index contributed by atoms with van der Waals surface area (Å²) < 4.78 is 39.2. The first-order valence-corrected chi connectivity index (χ1v) is 12.8. The van der Waals surface area contributed by atoms with Crippen molar-refractivity contribution in [2.45, 2.75) is 25.2 Å². The van der Waals surface area contributed by atoms with Gasteiger partial charge in [-0.05, 0) is 59.2 Å². The van der Waals surface area contributed by atoms with Crippen LogP contribution < -0.4 is 10.6 Å². The fourth-order valence-corrected chi connectivity index (χ4v) is 4.34. The van der Waals surface area contributed by atoms with E-state index in [0.29, 0.717) is 16.1 Å². The Kier molecular flexibility index (Phi) is 9.02. The van der Waals surface area contributed by atoms with Crippen molar-refractivity contribution in [3.63, 3.8) is 0 Å². The van der Waals surface area contributed by atoms with E-state index in [4.69, 9.17) is 23.2 Å². The largest absolute Gasteiger partial charge is 0.507 e. The second-order valence-electron chi connectivity index (χ2n) is 8.99. The van der Waals surface area contributed by atoms with Crippen molar-refractivity contribution in [3.05, 3.63) is 123 Å². The molecule has 4 rings (SSSR count). The smallest absolute Gasteiger partial charge is 0.416 e. The first-order valence-electron chi connectivity index (χ1n) is 12.1. The number of alkyl halides is 3. The third-order valence-electron chi connectivity index (χ3n) is 6.11. The van der Waals surface area contributed by atoms with Crippen LogP contribution in [-0.2, 0) is 23.9 Å². The molecule has 1 atom stereocenters. The van der Waals surface area contributed by atoms with Gasteiger partial charge >= 0.3 is 6.18 Å². The summed E-state index contributed by atoms with van der Waals surface area (Å²) in [5, 5.41) is 16.3. The molecule has 0 saturated heterocycles. The number of benzene rings is 4. The lowest BCUT2D eigenvalue weighted by molar-refractivity contribution is -0.137. The van der Waals surface area contributed by atoms with E-state index in [1.54, 1.807) is 42.5 Å². The number of rotatable bonds is 8. The average molecular weight is 587 g/mol. The van der Waals surface area contributed by atoms with Crippen LogP contribution in [0.15, 0.2) is 91.0 Å². The highest BCUT2D eigenvalue weighted by Crippen LogP contribution is 2.34. The molecule has 0 spiro atoms. The third kappa shape index (κ3) is 7.34. The summed E-state index contributed by atoms with van der Waals surface area (Å²) in [6.45, 7) is -0.162. The Balaban J connectivity index is 1.54. The van der Waals surface area contributed by atoms with Gasteiger partial charge < -0.3 is 15.7 Å². The van der Waals surface area contributed by atoms with E-state index < -0.39 is 29.6 Å². The van der Waals surface area contributed by atoms with Gasteiger partial charge in [0.05, 0.1) is 15.6 Å². The summed E-state index contributed by atoms with van der Waals surface area (Å²) in [6.07, 6.45) is -4.37. The SMILES string of the molecule is O=C(N[C@@H](Cc1ccccc1)C(=O)NCc1cccc(C(F)(F)F)c1)c1ccc(O)c(-c2ccc(Cl)c(Cl)c2)c1. The standard InChI is InChI=1S/C30H23Cl2F3N2O3/c31-24-11-9-20(16-25(24)32)23-15-21(10-12-27(23)38)28(39)37-26(14-18-5-2-1-3-6-18)29(40)36-17-19-7-4-8-22(13-19)30(33,34)35/h1-13,15-16,26,38H,14,17H2,(H,36,40)(H,37,39)/t26-/m0/s1. The second-order valence-corrected chi connectivity index (χ2v) is 9.81. The van der Waals surface area contributed by atoms with Gasteiger partial charge in [-0.1, -0.05) is 71.7 Å². The molecule has 3 N–H and O–H groups in total. The van der Waals surface area contributed by atoms with Crippen LogP contribution in [0.25, 0.3) is 11.1 Å². The van der Waals surface area contributed by atoms with Crippen molar-refractivity contribution in [1.29, 1.82) is 0 Å². The number of aromatic hydroxyl groups is 1. The first kappa shape index (κ1) is 29.0. The molecule has 0 aliphatic carbocycles. The Morgan fingerprint density at radius 3 is 2.25 bits per heavy atom. The minimum Gasteiger partial charge on any atom is -0.507 e. The fraction of sp³-hybridized carbons (Fsp3) is 0.133. The molecule has 206 valence electrons. The lowest BCUT2D eigenvalue weighted by Gasteiger charge is -2.19. The monoisotopic (exact) mass is 586 g/mol. The van der Waals surface area contributed by atoms with Crippen LogP contribution in [-0.4, -0.2) is 23.0 Å². The number of amides is 2. The number of halogens is 5. The van der Waals surface area contributed by atoms with Gasteiger partial charge in [0.2, 0.25) is 5.91 Å². The molecule has 10 heteroatoms. The maximum absolute atomic E-state index is 13.2. The number of phenols is 1. The molecule has 5 nitrogen and oxygen atoms in total. The second kappa shape index (κ2) is 12.4. The van der Waals surface area contributed by atoms with E-state index in [0.717, 1.165) is 17.7 Å². The number of carbonyl (C=O) groups is 2. The van der Waals surface area contributed by atoms with Crippen molar-refractivity contribution in [2.24, 2.45) is 0 Å². The molecule has 4 aromatic rings. The summed E-state index contributed by atoms with van der Waals surface area (Å²) in [7, 11) is 0. The van der Waals surface area contributed by atoms with E-state index in [9.17, 15) is 27.9 Å². The Hall–Kier alpha value is -4.01. The van der Waals surface area contributed by atoms with E-state index >= 15 is 0 Å². The molecule has 0 fully saturated rings. The minimum absolute atomic E-state index is 0.0883. The Morgan fingerprint density at radius 2 is 1.55 bits per heavy atom. The highest BCUT2D eigenvalue weighted by atomic mass is 35.5. The van der Waals surface area contributed by atoms with Crippen LogP contribution in [0.3, 0.4) is 0 Å². The topological polar surface area (TPSA) is 78.4 Å². The Morgan fingerprint density at radius 1 is 0.825 bits per heavy atom. The van der Waals surface area contributed by atoms with Crippen LogP contribution in [0.5, 0.6) is 5.75 Å². The molecule has 0 saturated carbocycles. The highest BCUT2D eigenvalue weighted by Gasteiger charge is 2.30. The first-order chi connectivity index (χ1) is 19.0. The van der Waals surface area contributed by atoms with Crippen LogP contribution >= 0.6 is 23.2 Å². The van der Waals surface area contributed by atoms with Gasteiger partial charge in [-0.15, -0.1) is 0 Å². The maximum Gasteiger partial charge on any atom is 0.416 e. The Labute approximate surface area is 238 Å². The number of carbonyl (C=O) groups excluding carboxylic acids is 2. The van der Waals surface area contributed by atoms with Crippen molar-refractivity contribution in [2.75, 3.05) is 0 Å². The molecule has 0 unspecified atom stereocenters. The lowest BCUT2D eigenvalue weighted by Crippen LogP contribution is -2.47. The molecule has 0 radical (unpaired) electrons. The van der Waals surface area contributed by atoms with Gasteiger partial charge in [-0.3, -0.25) is 9.59 Å². The molecular weight excluding hydrogens is 564 g/mol. The molecule has 0 aliphatic heterocycles. The molecule has 40 heavy (non-hydrogen) atoms. The summed E-state index contributed by atoms with van der Waals surface area (Å²) in [5.41, 5.74) is 1.24. The van der Waals surface area contributed by atoms with Crippen molar-refractivity contribution in [3.8, 4) is 16.9 Å². The average Bonchev–Trinajstić information content (AvgIpc) is 2.93. The molecular formula is C30H23Cl2F3N2O3. The fourth-order valence-electron chi connectivity index (χ4n) is 4.04. The zero-order valence-electron chi connectivity index (χ0n) is 20.8. The third-order valence-corrected chi connectivity index (χ3v) is 6.85. The van der Waals surface area contributed by atoms with Gasteiger partial charge in [-0.2, -0.15) is 13.2 Å². The normalized spacial score (nSPS) is 12.0. The number of nitrogens with one attached hydrogen (secondary N) is 2. The van der Waals surface area contributed by atoms with Crippen molar-refractivity contribution >= 4 is 35.0 Å². The number of phenolic OH excluding ortho intramolecular Hbond substituents is 1. The van der Waals surface area contributed by atoms with Gasteiger partial charge in [0.15, 0.2) is 0 Å². The zero-order valence-corrected chi connectivity index (χ0v) is 22.3. The highest BCUT2D eigenvalue weighted by molar-refractivity contribution is 6.42. The number of hydrogen-bond acceptors (Lipinski definition) is 3. The summed E-state index contributed by atoms with van der Waals surface area (Å²) in [4.78, 5) is 26.4. The van der Waals surface area contributed by atoms with Gasteiger partial charge in [0, 0.05) is 24.1 Å². The minimum atomic E-state index is -4.51. The quantitative estimate of drug-likeness (QED) is 0.207. The van der Waals surface area contributed by atoms with E-state index in [1.165, 1.54) is 30.3 Å². The van der Waals surface area contributed by atoms with E-state index in [1.807, 2.05) is 6.07 Å². The lowest BCUT2D eigenvalue weighted by atomic mass is 10.0. The predicted molar refractivity (Wildman–Crippen MR) is 148 cm³/mol. The van der Waals surface area contributed by atoms with Crippen LogP contribution in [0.4, 0.5) is 13.2 Å². The maximum atomic E-state index is 13.2. The summed E-state index contributed by atoms with van der Waals surface area (Å²) in [5.74, 6) is -1.25. The molecule has 0 heterocycles. The molecule has 4 aromatic carbocycles. The summed E-state index contributed by atoms with van der Waals surface area (Å²) in [6, 6.07) is 21.6. The van der Waals surface area contributed by atoms with Crippen LogP contribution in [0, 0.1) is 0 Å². The van der Waals surface area contributed by atoms with Crippen LogP contribution in [0.1, 0.15) is 27.0 Å². The van der Waals surface area contributed by atoms with Crippen LogP contribution in [0.2, 0.25) is 10.0 Å². The van der Waals surface area contributed by atoms with E-state index in [2.05, 4.69) is 10.6 Å². The summed E-state index contributed by atoms with van der Waals surface area (Å²) >= 11 is 12.1. The van der Waals surface area contributed by atoms with Gasteiger partial charge in [0.1, 0.15) is 11.8 Å². The van der Waals surface area contributed by atoms with E-state index in [-0.39, 0.29) is 34.9 Å². The Bertz CT molecular complexity index is 1530. The van der Waals surface area contributed by atoms with Gasteiger partial charge in [-0.25, -0.2) is 0 Å². The zero-order chi connectivity index (χ0) is 28.9. The molecule has 0 aromatic heterocycles. The number of hydrogen-bond donors (Lipinski definition) is 3. The predicted octanol–water partition coefficient (Wildman–Crippen LogP) is 7.04. The molecule has 2 amide bonds. The van der Waals surface area contributed by atoms with Crippen molar-refractivity contribution in [1.82, 2.24) is 10.6 Å². The van der Waals surface area contributed by atoms with Gasteiger partial charge in [0.25, 0.3) is 5.91 Å². The van der Waals surface area contributed by atoms with Crippen molar-refractivity contribution < 1.29 is 27.9 Å².